The smallest absolute Gasteiger partial charge is 0.248 e. The number of nitrogens with two attached hydrogens (primary N) is 1. The fraction of sp³-hybridized carbons (Fsp3) is 0.364. The molecule has 0 bridgehead atoms. The van der Waals surface area contributed by atoms with Crippen LogP contribution in [0.25, 0.3) is 11.3 Å². The molecule has 10 nitrogen and oxygen atoms in total. The van der Waals surface area contributed by atoms with Gasteiger partial charge in [0.2, 0.25) is 11.2 Å². The van der Waals surface area contributed by atoms with Gasteiger partial charge in [-0.15, -0.1) is 0 Å². The number of halogens is 1. The van der Waals surface area contributed by atoms with Crippen LogP contribution in [0.4, 0.5) is 5.69 Å². The Hall–Kier alpha value is -3.21. The monoisotopic (exact) mass is 472 g/mol. The van der Waals surface area contributed by atoms with Gasteiger partial charge in [0.1, 0.15) is 11.9 Å². The number of amidine groups is 1. The van der Waals surface area contributed by atoms with Gasteiger partial charge >= 0.3 is 0 Å². The maximum absolute atomic E-state index is 11.8. The second kappa shape index (κ2) is 9.34. The fourth-order valence-electron chi connectivity index (χ4n) is 3.94. The largest absolute Gasteiger partial charge is 0.494 e. The molecule has 1 unspecified atom stereocenters. The maximum atomic E-state index is 11.8. The highest BCUT2D eigenvalue weighted by atomic mass is 35.5. The van der Waals surface area contributed by atoms with E-state index in [9.17, 15) is 4.79 Å². The van der Waals surface area contributed by atoms with Gasteiger partial charge in [-0.3, -0.25) is 9.48 Å². The number of nitrogens with one attached hydrogen (secondary N) is 1. The van der Waals surface area contributed by atoms with E-state index >= 15 is 0 Å². The number of anilines is 1. The third-order valence-electron chi connectivity index (χ3n) is 5.79. The lowest BCUT2D eigenvalue weighted by molar-refractivity contribution is -0.242. The van der Waals surface area contributed by atoms with Crippen molar-refractivity contribution >= 4 is 35.2 Å². The van der Waals surface area contributed by atoms with Gasteiger partial charge in [0, 0.05) is 18.2 Å². The average molecular weight is 473 g/mol. The number of carbonyl (C=O) groups excluding carboxylic acids is 1. The minimum Gasteiger partial charge on any atom is -0.494 e. The summed E-state index contributed by atoms with van der Waals surface area (Å²) in [5.74, 6) is -0.589. The van der Waals surface area contributed by atoms with Crippen molar-refractivity contribution in [1.29, 1.82) is 0 Å². The molecule has 1 aromatic carbocycles. The molecule has 11 heteroatoms. The zero-order valence-electron chi connectivity index (χ0n) is 18.4. The number of benzene rings is 1. The second-order valence-corrected chi connectivity index (χ2v) is 7.97. The van der Waals surface area contributed by atoms with Crippen LogP contribution in [-0.2, 0) is 14.3 Å². The number of ether oxygens (including phenoxy) is 3. The zero-order valence-corrected chi connectivity index (χ0v) is 19.1. The highest BCUT2D eigenvalue weighted by Gasteiger charge is 2.53. The lowest BCUT2D eigenvalue weighted by Gasteiger charge is -2.44. The quantitative estimate of drug-likeness (QED) is 0.276. The highest BCUT2D eigenvalue weighted by molar-refractivity contribution is 6.65. The Balaban J connectivity index is 1.67. The van der Waals surface area contributed by atoms with Crippen molar-refractivity contribution in [3.63, 3.8) is 0 Å². The molecule has 2 heterocycles. The van der Waals surface area contributed by atoms with E-state index in [1.54, 1.807) is 13.2 Å². The fourth-order valence-corrected chi connectivity index (χ4v) is 4.02. The van der Waals surface area contributed by atoms with Crippen LogP contribution in [0.15, 0.2) is 51.8 Å². The number of nitrogens with zero attached hydrogens (tertiary/aromatic N) is 4. The van der Waals surface area contributed by atoms with Gasteiger partial charge in [-0.2, -0.15) is 5.10 Å². The number of methoxy groups -OCH3 is 1. The zero-order chi connectivity index (χ0) is 23.6. The number of para-hydroxylation sites is 1. The van der Waals surface area contributed by atoms with Gasteiger partial charge in [0.25, 0.3) is 0 Å². The Morgan fingerprint density at radius 2 is 2.15 bits per heavy atom. The minimum atomic E-state index is -0.658. The van der Waals surface area contributed by atoms with Gasteiger partial charge in [-0.1, -0.05) is 6.07 Å². The normalized spacial score (nSPS) is 20.2. The van der Waals surface area contributed by atoms with Gasteiger partial charge in [-0.05, 0) is 49.9 Å². The number of carbonyl (C=O) groups is 1. The first-order chi connectivity index (χ1) is 15.9. The summed E-state index contributed by atoms with van der Waals surface area (Å²) in [6.07, 6.45) is 3.69. The molecule has 174 valence electrons. The summed E-state index contributed by atoms with van der Waals surface area (Å²) in [6.45, 7) is 6.06. The lowest BCUT2D eigenvalue weighted by atomic mass is 9.85. The summed E-state index contributed by atoms with van der Waals surface area (Å²) in [7, 11) is 1.55. The Kier molecular flexibility index (Phi) is 6.50. The molecule has 1 aliphatic heterocycles. The van der Waals surface area contributed by atoms with Gasteiger partial charge in [-0.25, -0.2) is 9.98 Å². The third-order valence-corrected chi connectivity index (χ3v) is 5.99. The van der Waals surface area contributed by atoms with E-state index in [1.807, 2.05) is 29.1 Å². The summed E-state index contributed by atoms with van der Waals surface area (Å²) in [5.41, 5.74) is 7.60. The SMILES string of the molecule is C=NC(Cl)=N/C(Nc1cccc(-c2ccn(C3CCC34OCCO4)n2)c1OC)=C(\C)C(N)=O. The molecule has 2 aliphatic rings. The number of hydrogen-bond donors (Lipinski definition) is 2. The first-order valence-corrected chi connectivity index (χ1v) is 10.8. The highest BCUT2D eigenvalue weighted by Crippen LogP contribution is 2.48. The Bertz CT molecular complexity index is 1140. The summed E-state index contributed by atoms with van der Waals surface area (Å²) in [6, 6.07) is 7.43. The van der Waals surface area contributed by atoms with Crippen LogP contribution in [0.5, 0.6) is 5.75 Å². The summed E-state index contributed by atoms with van der Waals surface area (Å²) < 4.78 is 19.3. The molecule has 1 aromatic heterocycles. The van der Waals surface area contributed by atoms with Gasteiger partial charge < -0.3 is 25.3 Å². The molecule has 1 saturated heterocycles. The number of aromatic nitrogens is 2. The third kappa shape index (κ3) is 4.37. The van der Waals surface area contributed by atoms with Crippen LogP contribution in [-0.4, -0.2) is 53.8 Å². The van der Waals surface area contributed by atoms with E-state index in [1.165, 1.54) is 6.92 Å². The predicted octanol–water partition coefficient (Wildman–Crippen LogP) is 3.06. The van der Waals surface area contributed by atoms with Crippen molar-refractivity contribution in [2.45, 2.75) is 31.6 Å². The molecule has 2 fully saturated rings. The molecule has 1 atom stereocenters. The Labute approximate surface area is 196 Å². The van der Waals surface area contributed by atoms with Crippen LogP contribution in [0, 0.1) is 0 Å². The second-order valence-electron chi connectivity index (χ2n) is 7.63. The van der Waals surface area contributed by atoms with Crippen LogP contribution >= 0.6 is 11.6 Å². The topological polar surface area (TPSA) is 125 Å². The molecule has 0 radical (unpaired) electrons. The summed E-state index contributed by atoms with van der Waals surface area (Å²) >= 11 is 5.91. The number of hydrogen-bond acceptors (Lipinski definition) is 7. The minimum absolute atomic E-state index is 0.0247. The van der Waals surface area contributed by atoms with Crippen molar-refractivity contribution in [1.82, 2.24) is 9.78 Å². The van der Waals surface area contributed by atoms with E-state index in [2.05, 4.69) is 22.0 Å². The molecule has 1 amide bonds. The van der Waals surface area contributed by atoms with Crippen molar-refractivity contribution in [3.05, 3.63) is 41.9 Å². The summed E-state index contributed by atoms with van der Waals surface area (Å²) in [4.78, 5) is 19.4. The first-order valence-electron chi connectivity index (χ1n) is 10.4. The Morgan fingerprint density at radius 1 is 1.39 bits per heavy atom. The van der Waals surface area contributed by atoms with Gasteiger partial charge in [0.15, 0.2) is 11.5 Å². The number of rotatable bonds is 7. The van der Waals surface area contributed by atoms with E-state index in [-0.39, 0.29) is 22.7 Å². The van der Waals surface area contributed by atoms with Crippen LogP contribution < -0.4 is 15.8 Å². The standard InChI is InChI=1S/C22H25ClN6O4/c1-13(19(24)30)20(27-21(23)25-2)26-16-6-4-5-14(18(16)31-3)15-8-10-29(28-15)17-7-9-22(17)32-11-12-33-22/h4-6,8,10,17,26H,2,7,9,11-12H2,1,3H3,(H2,24,30)/b20-13+,27-21?. The molecule has 1 aliphatic carbocycles. The summed E-state index contributed by atoms with van der Waals surface area (Å²) in [5, 5.41) is 7.69. The molecule has 4 rings (SSSR count). The maximum Gasteiger partial charge on any atom is 0.248 e. The van der Waals surface area contributed by atoms with Crippen molar-refractivity contribution in [2.24, 2.45) is 15.7 Å². The Morgan fingerprint density at radius 3 is 2.76 bits per heavy atom. The van der Waals surface area contributed by atoms with E-state index in [0.717, 1.165) is 18.4 Å². The van der Waals surface area contributed by atoms with Crippen molar-refractivity contribution in [2.75, 3.05) is 25.6 Å². The number of primary amides is 1. The van der Waals surface area contributed by atoms with Crippen LogP contribution in [0.3, 0.4) is 0 Å². The number of aliphatic imine (C=N–C) groups is 2. The molecule has 1 spiro atoms. The van der Waals surface area contributed by atoms with Crippen molar-refractivity contribution < 1.29 is 19.0 Å². The predicted molar refractivity (Wildman–Crippen MR) is 125 cm³/mol. The van der Waals surface area contributed by atoms with Crippen LogP contribution in [0.1, 0.15) is 25.8 Å². The molecule has 33 heavy (non-hydrogen) atoms. The van der Waals surface area contributed by atoms with Crippen LogP contribution in [0.2, 0.25) is 0 Å². The van der Waals surface area contributed by atoms with Gasteiger partial charge in [0.05, 0.1) is 37.3 Å². The average Bonchev–Trinajstić information content (AvgIpc) is 3.48. The molecule has 1 saturated carbocycles. The lowest BCUT2D eigenvalue weighted by Crippen LogP contribution is -2.49. The molecule has 2 aromatic rings. The van der Waals surface area contributed by atoms with E-state index in [4.69, 9.17) is 36.6 Å². The van der Waals surface area contributed by atoms with E-state index in [0.29, 0.717) is 30.3 Å². The molecule has 3 N–H and O–H groups in total. The van der Waals surface area contributed by atoms with E-state index < -0.39 is 11.7 Å². The molecular weight excluding hydrogens is 448 g/mol. The first kappa shape index (κ1) is 23.0. The number of amides is 1. The van der Waals surface area contributed by atoms with Crippen molar-refractivity contribution in [3.8, 4) is 17.0 Å². The molecular formula is C22H25ClN6O4.